The highest BCUT2D eigenvalue weighted by Gasteiger charge is 1.92. The Labute approximate surface area is 94.1 Å². The van der Waals surface area contributed by atoms with Crippen molar-refractivity contribution in [3.63, 3.8) is 0 Å². The zero-order valence-corrected chi connectivity index (χ0v) is 9.25. The molecule has 1 aromatic rings. The molecule has 5 heteroatoms. The molecule has 0 atom stereocenters. The van der Waals surface area contributed by atoms with Crippen LogP contribution in [0.2, 0.25) is 0 Å². The number of nitrogens with one attached hydrogen (secondary N) is 1. The molecular weight excluding hydrogens is 210 g/mol. The monoisotopic (exact) mass is 223 g/mol. The lowest BCUT2D eigenvalue weighted by Gasteiger charge is -2.00. The van der Waals surface area contributed by atoms with E-state index >= 15 is 0 Å². The van der Waals surface area contributed by atoms with Crippen LogP contribution in [0.5, 0.6) is 0 Å². The van der Waals surface area contributed by atoms with Crippen LogP contribution in [-0.4, -0.2) is 18.4 Å². The van der Waals surface area contributed by atoms with Gasteiger partial charge in [-0.1, -0.05) is 18.2 Å². The summed E-state index contributed by atoms with van der Waals surface area (Å²) >= 11 is 4.61. The number of hydrogen-bond donors (Lipinski definition) is 2. The van der Waals surface area contributed by atoms with E-state index in [-0.39, 0.29) is 5.11 Å². The van der Waals surface area contributed by atoms with Gasteiger partial charge in [0, 0.05) is 7.11 Å². The van der Waals surface area contributed by atoms with E-state index in [9.17, 15) is 0 Å². The fraction of sp³-hybridized carbons (Fsp3) is 0.200. The van der Waals surface area contributed by atoms with Crippen LogP contribution in [-0.2, 0) is 11.3 Å². The van der Waals surface area contributed by atoms with Crippen molar-refractivity contribution in [3.8, 4) is 0 Å². The van der Waals surface area contributed by atoms with E-state index in [1.807, 2.05) is 24.3 Å². The lowest BCUT2D eigenvalue weighted by Crippen LogP contribution is -2.23. The smallest absolute Gasteiger partial charge is 0.184 e. The van der Waals surface area contributed by atoms with E-state index < -0.39 is 0 Å². The van der Waals surface area contributed by atoms with Crippen molar-refractivity contribution in [3.05, 3.63) is 35.4 Å². The minimum atomic E-state index is 0.152. The van der Waals surface area contributed by atoms with Gasteiger partial charge in [-0.15, -0.1) is 0 Å². The maximum absolute atomic E-state index is 5.22. The van der Waals surface area contributed by atoms with Gasteiger partial charge in [0.05, 0.1) is 12.8 Å². The van der Waals surface area contributed by atoms with Gasteiger partial charge < -0.3 is 10.5 Å². The fourth-order valence-corrected chi connectivity index (χ4v) is 1.15. The van der Waals surface area contributed by atoms with Crippen LogP contribution >= 0.6 is 12.2 Å². The SMILES string of the molecule is COCc1cccc(C=NNC(N)=S)c1. The van der Waals surface area contributed by atoms with Gasteiger partial charge in [0.2, 0.25) is 0 Å². The molecule has 0 amide bonds. The highest BCUT2D eigenvalue weighted by Crippen LogP contribution is 2.04. The zero-order valence-electron chi connectivity index (χ0n) is 8.43. The second-order valence-corrected chi connectivity index (χ2v) is 3.35. The average molecular weight is 223 g/mol. The standard InChI is InChI=1S/C10H13N3OS/c1-14-7-9-4-2-3-8(5-9)6-12-13-10(11)15/h2-6H,7H2,1H3,(H3,11,13,15). The van der Waals surface area contributed by atoms with E-state index in [1.165, 1.54) is 0 Å². The molecule has 0 saturated heterocycles. The second-order valence-electron chi connectivity index (χ2n) is 2.91. The molecule has 0 heterocycles. The van der Waals surface area contributed by atoms with Crippen molar-refractivity contribution in [1.82, 2.24) is 5.43 Å². The van der Waals surface area contributed by atoms with Gasteiger partial charge in [-0.25, -0.2) is 0 Å². The summed E-state index contributed by atoms with van der Waals surface area (Å²) in [6.07, 6.45) is 1.65. The molecule has 1 aromatic carbocycles. The first-order chi connectivity index (χ1) is 7.22. The molecular formula is C10H13N3OS. The minimum absolute atomic E-state index is 0.152. The number of benzene rings is 1. The molecule has 3 N–H and O–H groups in total. The third-order valence-electron chi connectivity index (χ3n) is 1.65. The molecule has 1 rings (SSSR count). The van der Waals surface area contributed by atoms with Gasteiger partial charge in [0.15, 0.2) is 5.11 Å². The third kappa shape index (κ3) is 4.53. The molecule has 4 nitrogen and oxygen atoms in total. The zero-order chi connectivity index (χ0) is 11.1. The maximum atomic E-state index is 5.22. The molecule has 0 spiro atoms. The largest absolute Gasteiger partial charge is 0.380 e. The number of nitrogens with two attached hydrogens (primary N) is 1. The van der Waals surface area contributed by atoms with Crippen molar-refractivity contribution in [2.45, 2.75) is 6.61 Å². The number of thiocarbonyl (C=S) groups is 1. The summed E-state index contributed by atoms with van der Waals surface area (Å²) in [5.41, 5.74) is 9.77. The Morgan fingerprint density at radius 3 is 3.13 bits per heavy atom. The van der Waals surface area contributed by atoms with Crippen molar-refractivity contribution in [1.29, 1.82) is 0 Å². The maximum Gasteiger partial charge on any atom is 0.184 e. The lowest BCUT2D eigenvalue weighted by atomic mass is 10.1. The topological polar surface area (TPSA) is 59.6 Å². The van der Waals surface area contributed by atoms with Gasteiger partial charge in [0.1, 0.15) is 0 Å². The van der Waals surface area contributed by atoms with Crippen LogP contribution in [0.1, 0.15) is 11.1 Å². The predicted molar refractivity (Wildman–Crippen MR) is 64.7 cm³/mol. The number of hydrogen-bond acceptors (Lipinski definition) is 3. The fourth-order valence-electron chi connectivity index (χ4n) is 1.10. The number of rotatable bonds is 4. The normalized spacial score (nSPS) is 10.5. The Kier molecular flexibility index (Phi) is 4.73. The van der Waals surface area contributed by atoms with E-state index in [1.54, 1.807) is 13.3 Å². The molecule has 0 aliphatic carbocycles. The molecule has 80 valence electrons. The Balaban J connectivity index is 2.64. The van der Waals surface area contributed by atoms with Gasteiger partial charge in [0.25, 0.3) is 0 Å². The Hall–Kier alpha value is -1.46. The highest BCUT2D eigenvalue weighted by atomic mass is 32.1. The Morgan fingerprint density at radius 1 is 1.67 bits per heavy atom. The summed E-state index contributed by atoms with van der Waals surface area (Å²) in [7, 11) is 1.66. The van der Waals surface area contributed by atoms with Crippen LogP contribution in [0.15, 0.2) is 29.4 Å². The molecule has 0 bridgehead atoms. The van der Waals surface area contributed by atoms with Crippen molar-refractivity contribution >= 4 is 23.5 Å². The Bertz CT molecular complexity index is 365. The van der Waals surface area contributed by atoms with Gasteiger partial charge in [-0.2, -0.15) is 5.10 Å². The third-order valence-corrected chi connectivity index (χ3v) is 1.74. The van der Waals surface area contributed by atoms with E-state index in [2.05, 4.69) is 22.7 Å². The summed E-state index contributed by atoms with van der Waals surface area (Å²) in [6, 6.07) is 7.84. The average Bonchev–Trinajstić information content (AvgIpc) is 2.18. The molecule has 0 unspecified atom stereocenters. The Morgan fingerprint density at radius 2 is 2.47 bits per heavy atom. The predicted octanol–water partition coefficient (Wildman–Crippen LogP) is 1.00. The molecule has 0 aliphatic heterocycles. The molecule has 0 aromatic heterocycles. The lowest BCUT2D eigenvalue weighted by molar-refractivity contribution is 0.185. The molecule has 0 radical (unpaired) electrons. The summed E-state index contributed by atoms with van der Waals surface area (Å²) in [4.78, 5) is 0. The highest BCUT2D eigenvalue weighted by molar-refractivity contribution is 7.80. The molecule has 0 fully saturated rings. The number of hydrazone groups is 1. The summed E-state index contributed by atoms with van der Waals surface area (Å²) in [6.45, 7) is 0.588. The van der Waals surface area contributed by atoms with Crippen LogP contribution in [0.4, 0.5) is 0 Å². The first kappa shape index (κ1) is 11.6. The van der Waals surface area contributed by atoms with E-state index in [0.29, 0.717) is 6.61 Å². The van der Waals surface area contributed by atoms with Gasteiger partial charge in [-0.3, -0.25) is 5.43 Å². The first-order valence-electron chi connectivity index (χ1n) is 4.39. The summed E-state index contributed by atoms with van der Waals surface area (Å²) in [5, 5.41) is 4.01. The number of nitrogens with zero attached hydrogens (tertiary/aromatic N) is 1. The first-order valence-corrected chi connectivity index (χ1v) is 4.79. The van der Waals surface area contributed by atoms with Crippen LogP contribution < -0.4 is 11.2 Å². The molecule has 0 saturated carbocycles. The van der Waals surface area contributed by atoms with Crippen molar-refractivity contribution in [2.24, 2.45) is 10.8 Å². The van der Waals surface area contributed by atoms with Crippen LogP contribution in [0.25, 0.3) is 0 Å². The van der Waals surface area contributed by atoms with Crippen LogP contribution in [0.3, 0.4) is 0 Å². The molecule has 0 aliphatic rings. The minimum Gasteiger partial charge on any atom is -0.380 e. The van der Waals surface area contributed by atoms with Gasteiger partial charge in [-0.05, 0) is 29.4 Å². The second kappa shape index (κ2) is 6.10. The van der Waals surface area contributed by atoms with E-state index in [4.69, 9.17) is 10.5 Å². The molecule has 15 heavy (non-hydrogen) atoms. The quantitative estimate of drug-likeness (QED) is 0.454. The van der Waals surface area contributed by atoms with Crippen molar-refractivity contribution in [2.75, 3.05) is 7.11 Å². The van der Waals surface area contributed by atoms with Crippen molar-refractivity contribution < 1.29 is 4.74 Å². The number of methoxy groups -OCH3 is 1. The van der Waals surface area contributed by atoms with Crippen LogP contribution in [0, 0.1) is 0 Å². The summed E-state index contributed by atoms with van der Waals surface area (Å²) in [5.74, 6) is 0. The summed E-state index contributed by atoms with van der Waals surface area (Å²) < 4.78 is 5.02. The van der Waals surface area contributed by atoms with E-state index in [0.717, 1.165) is 11.1 Å². The van der Waals surface area contributed by atoms with Gasteiger partial charge >= 0.3 is 0 Å². The number of ether oxygens (including phenoxy) is 1.